The van der Waals surface area contributed by atoms with E-state index in [1.165, 1.54) is 0 Å². The number of nitriles is 2. The molecule has 3 aromatic rings. The van der Waals surface area contributed by atoms with Gasteiger partial charge in [-0.25, -0.2) is 4.98 Å². The third-order valence-electron chi connectivity index (χ3n) is 5.99. The van der Waals surface area contributed by atoms with Crippen LogP contribution in [-0.4, -0.2) is 66.1 Å². The normalized spacial score (nSPS) is 13.9. The molecule has 0 spiro atoms. The lowest BCUT2D eigenvalue weighted by molar-refractivity contribution is -0.122. The van der Waals surface area contributed by atoms with Crippen LogP contribution in [0.1, 0.15) is 31.9 Å². The number of hydrogen-bond donors (Lipinski definition) is 1. The fourth-order valence-electron chi connectivity index (χ4n) is 4.42. The first-order valence-corrected chi connectivity index (χ1v) is 12.1. The van der Waals surface area contributed by atoms with Crippen LogP contribution < -0.4 is 15.0 Å². The Morgan fingerprint density at radius 2 is 1.83 bits per heavy atom. The molecule has 1 N–H and O–H groups in total. The molecule has 0 unspecified atom stereocenters. The second-order valence-electron chi connectivity index (χ2n) is 8.91. The number of nitrogens with zero attached hydrogens (tertiary/aromatic N) is 6. The van der Waals surface area contributed by atoms with Crippen molar-refractivity contribution in [3.8, 4) is 29.1 Å². The monoisotopic (exact) mass is 483 g/mol. The van der Waals surface area contributed by atoms with E-state index in [2.05, 4.69) is 32.2 Å². The van der Waals surface area contributed by atoms with E-state index in [-0.39, 0.29) is 17.8 Å². The van der Waals surface area contributed by atoms with Gasteiger partial charge >= 0.3 is 0 Å². The Morgan fingerprint density at radius 3 is 2.44 bits per heavy atom. The highest BCUT2D eigenvalue weighted by Crippen LogP contribution is 2.37. The number of hydrogen-bond acceptors (Lipinski definition) is 8. The summed E-state index contributed by atoms with van der Waals surface area (Å²) in [4.78, 5) is 25.7. The molecule has 3 heterocycles. The summed E-state index contributed by atoms with van der Waals surface area (Å²) in [6.45, 7) is 9.04. The molecule has 0 bridgehead atoms. The molecular formula is C27H29N7O2. The van der Waals surface area contributed by atoms with Crippen LogP contribution in [0.5, 0.6) is 5.88 Å². The smallest absolute Gasteiger partial charge is 0.234 e. The minimum atomic E-state index is 0.00869. The summed E-state index contributed by atoms with van der Waals surface area (Å²) in [5, 5.41) is 23.5. The number of ether oxygens (including phenoxy) is 1. The van der Waals surface area contributed by atoms with Crippen molar-refractivity contribution >= 4 is 22.8 Å². The van der Waals surface area contributed by atoms with Crippen molar-refractivity contribution in [2.24, 2.45) is 0 Å². The Balaban J connectivity index is 1.72. The predicted octanol–water partition coefficient (Wildman–Crippen LogP) is 3.09. The van der Waals surface area contributed by atoms with Crippen molar-refractivity contribution in [1.82, 2.24) is 20.2 Å². The molecule has 1 aromatic carbocycles. The van der Waals surface area contributed by atoms with E-state index in [0.717, 1.165) is 5.56 Å². The molecule has 1 fully saturated rings. The van der Waals surface area contributed by atoms with E-state index in [0.29, 0.717) is 72.9 Å². The van der Waals surface area contributed by atoms with Gasteiger partial charge in [0, 0.05) is 43.2 Å². The second-order valence-corrected chi connectivity index (χ2v) is 8.91. The largest absolute Gasteiger partial charge is 0.477 e. The first kappa shape index (κ1) is 24.9. The molecule has 36 heavy (non-hydrogen) atoms. The number of amides is 1. The van der Waals surface area contributed by atoms with Crippen LogP contribution in [0, 0.1) is 22.7 Å². The van der Waals surface area contributed by atoms with Gasteiger partial charge in [-0.05, 0) is 32.4 Å². The lowest BCUT2D eigenvalue weighted by Gasteiger charge is -2.35. The SMILES string of the molecule is CCOc1nc2nc(N3CCN(CC(=O)NC(C)C)CC3)c(C#N)cc2c(-c2ccccc2)c1C#N. The van der Waals surface area contributed by atoms with Crippen LogP contribution in [0.25, 0.3) is 22.2 Å². The number of pyridine rings is 2. The molecule has 184 valence electrons. The van der Waals surface area contributed by atoms with Crippen LogP contribution in [0.15, 0.2) is 36.4 Å². The summed E-state index contributed by atoms with van der Waals surface area (Å²) in [6, 6.07) is 15.9. The van der Waals surface area contributed by atoms with Crippen LogP contribution >= 0.6 is 0 Å². The van der Waals surface area contributed by atoms with Crippen LogP contribution in [0.2, 0.25) is 0 Å². The quantitative estimate of drug-likeness (QED) is 0.545. The number of anilines is 1. The van der Waals surface area contributed by atoms with Gasteiger partial charge in [0.25, 0.3) is 0 Å². The summed E-state index contributed by atoms with van der Waals surface area (Å²) < 4.78 is 5.72. The van der Waals surface area contributed by atoms with Crippen molar-refractivity contribution in [2.45, 2.75) is 26.8 Å². The van der Waals surface area contributed by atoms with E-state index in [9.17, 15) is 15.3 Å². The first-order valence-electron chi connectivity index (χ1n) is 12.1. The van der Waals surface area contributed by atoms with Crippen molar-refractivity contribution in [3.05, 3.63) is 47.5 Å². The van der Waals surface area contributed by atoms with Crippen molar-refractivity contribution < 1.29 is 9.53 Å². The van der Waals surface area contributed by atoms with E-state index in [1.807, 2.05) is 51.1 Å². The number of carbonyl (C=O) groups is 1. The number of aromatic nitrogens is 2. The third kappa shape index (κ3) is 5.22. The minimum Gasteiger partial charge on any atom is -0.477 e. The third-order valence-corrected chi connectivity index (χ3v) is 5.99. The number of benzene rings is 1. The highest BCUT2D eigenvalue weighted by Gasteiger charge is 2.25. The van der Waals surface area contributed by atoms with Gasteiger partial charge < -0.3 is 15.0 Å². The van der Waals surface area contributed by atoms with Gasteiger partial charge in [-0.2, -0.15) is 15.5 Å². The first-order chi connectivity index (χ1) is 17.4. The molecule has 9 heteroatoms. The average Bonchev–Trinajstić information content (AvgIpc) is 2.87. The Bertz CT molecular complexity index is 1330. The maximum absolute atomic E-state index is 12.1. The molecule has 1 saturated heterocycles. The molecule has 0 atom stereocenters. The average molecular weight is 484 g/mol. The summed E-state index contributed by atoms with van der Waals surface area (Å²) in [5.74, 6) is 0.792. The van der Waals surface area contributed by atoms with Crippen LogP contribution in [-0.2, 0) is 4.79 Å². The molecule has 9 nitrogen and oxygen atoms in total. The Hall–Kier alpha value is -4.21. The van der Waals surface area contributed by atoms with Gasteiger partial charge in [-0.15, -0.1) is 0 Å². The topological polar surface area (TPSA) is 118 Å². The Morgan fingerprint density at radius 1 is 1.11 bits per heavy atom. The predicted molar refractivity (Wildman–Crippen MR) is 138 cm³/mol. The van der Waals surface area contributed by atoms with Crippen molar-refractivity contribution in [1.29, 1.82) is 10.5 Å². The number of piperazine rings is 1. The van der Waals surface area contributed by atoms with Crippen LogP contribution in [0.4, 0.5) is 5.82 Å². The zero-order valence-electron chi connectivity index (χ0n) is 20.8. The number of carbonyl (C=O) groups excluding carboxylic acids is 1. The maximum atomic E-state index is 12.1. The highest BCUT2D eigenvalue weighted by molar-refractivity contribution is 5.98. The summed E-state index contributed by atoms with van der Waals surface area (Å²) in [5.41, 5.74) is 2.64. The van der Waals surface area contributed by atoms with Crippen LogP contribution in [0.3, 0.4) is 0 Å². The molecule has 0 aliphatic carbocycles. The standard InChI is InChI=1S/C27H29N7O2/c1-4-36-27-22(16-29)24(19-8-6-5-7-9-19)21-14-20(15-28)26(31-25(21)32-27)34-12-10-33(11-13-34)17-23(35)30-18(2)3/h5-9,14,18H,4,10-13,17H2,1-3H3,(H,30,35). The van der Waals surface area contributed by atoms with Gasteiger partial charge in [0.1, 0.15) is 23.5 Å². The molecule has 1 aliphatic rings. The van der Waals surface area contributed by atoms with Gasteiger partial charge in [0.05, 0.1) is 18.7 Å². The van der Waals surface area contributed by atoms with Gasteiger partial charge in [-0.3, -0.25) is 9.69 Å². The van der Waals surface area contributed by atoms with Crippen molar-refractivity contribution in [3.63, 3.8) is 0 Å². The maximum Gasteiger partial charge on any atom is 0.234 e. The van der Waals surface area contributed by atoms with E-state index >= 15 is 0 Å². The number of fused-ring (bicyclic) bond motifs is 1. The Labute approximate surface area is 210 Å². The summed E-state index contributed by atoms with van der Waals surface area (Å²) in [6.07, 6.45) is 0. The fraction of sp³-hybridized carbons (Fsp3) is 0.370. The van der Waals surface area contributed by atoms with E-state index < -0.39 is 0 Å². The summed E-state index contributed by atoms with van der Waals surface area (Å²) in [7, 11) is 0. The van der Waals surface area contributed by atoms with E-state index in [1.54, 1.807) is 6.07 Å². The van der Waals surface area contributed by atoms with E-state index in [4.69, 9.17) is 9.72 Å². The zero-order chi connectivity index (χ0) is 25.7. The van der Waals surface area contributed by atoms with Gasteiger partial charge in [0.2, 0.25) is 11.8 Å². The lowest BCUT2D eigenvalue weighted by Crippen LogP contribution is -2.50. The second kappa shape index (κ2) is 11.0. The van der Waals surface area contributed by atoms with Crippen molar-refractivity contribution in [2.75, 3.05) is 44.2 Å². The molecule has 0 saturated carbocycles. The zero-order valence-corrected chi connectivity index (χ0v) is 20.8. The molecule has 1 amide bonds. The van der Waals surface area contributed by atoms with Gasteiger partial charge in [-0.1, -0.05) is 30.3 Å². The van der Waals surface area contributed by atoms with Gasteiger partial charge in [0.15, 0.2) is 5.65 Å². The number of nitrogens with one attached hydrogen (secondary N) is 1. The highest BCUT2D eigenvalue weighted by atomic mass is 16.5. The molecular weight excluding hydrogens is 454 g/mol. The lowest BCUT2D eigenvalue weighted by atomic mass is 9.97. The fourth-order valence-corrected chi connectivity index (χ4v) is 4.42. The molecule has 4 rings (SSSR count). The molecule has 2 aromatic heterocycles. The summed E-state index contributed by atoms with van der Waals surface area (Å²) >= 11 is 0. The minimum absolute atomic E-state index is 0.00869. The Kier molecular flexibility index (Phi) is 7.62. The number of rotatable bonds is 7. The molecule has 1 aliphatic heterocycles. The molecule has 0 radical (unpaired) electrons.